The van der Waals surface area contributed by atoms with Crippen molar-refractivity contribution >= 4 is 0 Å². The van der Waals surface area contributed by atoms with Gasteiger partial charge in [-0.1, -0.05) is 52.9 Å². The van der Waals surface area contributed by atoms with Crippen LogP contribution in [0, 0.1) is 5.41 Å². The molecule has 0 bridgehead atoms. The van der Waals surface area contributed by atoms with E-state index in [0.29, 0.717) is 12.8 Å². The van der Waals surface area contributed by atoms with Gasteiger partial charge in [0.25, 0.3) is 5.92 Å². The molecule has 0 N–H and O–H groups in total. The Morgan fingerprint density at radius 3 is 1.94 bits per heavy atom. The van der Waals surface area contributed by atoms with E-state index in [0.717, 1.165) is 32.1 Å². The molecule has 0 saturated heterocycles. The van der Waals surface area contributed by atoms with Crippen LogP contribution in [0.1, 0.15) is 65.7 Å². The van der Waals surface area contributed by atoms with Crippen molar-refractivity contribution in [2.24, 2.45) is 5.41 Å². The van der Waals surface area contributed by atoms with Crippen molar-refractivity contribution in [1.29, 1.82) is 0 Å². The lowest BCUT2D eigenvalue weighted by Crippen LogP contribution is -2.42. The van der Waals surface area contributed by atoms with Crippen LogP contribution >= 0.6 is 0 Å². The minimum atomic E-state index is -2.72. The van der Waals surface area contributed by atoms with Crippen LogP contribution in [0.5, 0.6) is 0 Å². The number of rotatable bonds is 10. The number of hydrogen-bond acceptors (Lipinski definition) is 1. The van der Waals surface area contributed by atoms with E-state index in [4.69, 9.17) is 0 Å². The summed E-state index contributed by atoms with van der Waals surface area (Å²) in [5.74, 6) is -2.72. The number of methoxy groups -OCH3 is 1. The molecule has 17 heavy (non-hydrogen) atoms. The smallest absolute Gasteiger partial charge is 0.276 e. The summed E-state index contributed by atoms with van der Waals surface area (Å²) in [6.07, 6.45) is 6.00. The first-order chi connectivity index (χ1) is 7.93. The zero-order chi connectivity index (χ0) is 13.4. The number of alkyl halides is 2. The average molecular weight is 250 g/mol. The molecule has 0 aliphatic carbocycles. The van der Waals surface area contributed by atoms with Crippen molar-refractivity contribution in [3.63, 3.8) is 0 Å². The summed E-state index contributed by atoms with van der Waals surface area (Å²) >= 11 is 0. The van der Waals surface area contributed by atoms with Gasteiger partial charge in [0.15, 0.2) is 0 Å². The van der Waals surface area contributed by atoms with Crippen molar-refractivity contribution in [3.05, 3.63) is 0 Å². The molecule has 0 radical (unpaired) electrons. The molecule has 0 amide bonds. The molecule has 3 heteroatoms. The van der Waals surface area contributed by atoms with Crippen LogP contribution in [0.2, 0.25) is 0 Å². The van der Waals surface area contributed by atoms with Crippen molar-refractivity contribution in [2.75, 3.05) is 13.7 Å². The van der Waals surface area contributed by atoms with E-state index in [-0.39, 0.29) is 0 Å². The van der Waals surface area contributed by atoms with Gasteiger partial charge in [0.2, 0.25) is 0 Å². The fraction of sp³-hybridized carbons (Fsp3) is 1.00. The van der Waals surface area contributed by atoms with Gasteiger partial charge in [-0.2, -0.15) is 0 Å². The van der Waals surface area contributed by atoms with Gasteiger partial charge in [-0.05, 0) is 12.8 Å². The Labute approximate surface area is 105 Å². The number of hydrogen-bond donors (Lipinski definition) is 0. The Kier molecular flexibility index (Phi) is 7.93. The van der Waals surface area contributed by atoms with Crippen LogP contribution in [0.4, 0.5) is 8.78 Å². The van der Waals surface area contributed by atoms with E-state index in [1.54, 1.807) is 6.92 Å². The highest BCUT2D eigenvalue weighted by atomic mass is 19.3. The van der Waals surface area contributed by atoms with Gasteiger partial charge < -0.3 is 4.74 Å². The van der Waals surface area contributed by atoms with Crippen molar-refractivity contribution in [1.82, 2.24) is 0 Å². The molecule has 0 aromatic carbocycles. The maximum absolute atomic E-state index is 14.1. The molecular weight excluding hydrogens is 222 g/mol. The van der Waals surface area contributed by atoms with Crippen LogP contribution in [-0.2, 0) is 4.74 Å². The molecule has 104 valence electrons. The van der Waals surface area contributed by atoms with Gasteiger partial charge in [-0.3, -0.25) is 0 Å². The Balaban J connectivity index is 4.56. The zero-order valence-corrected chi connectivity index (χ0v) is 11.8. The van der Waals surface area contributed by atoms with E-state index < -0.39 is 17.9 Å². The number of ether oxygens (including phenoxy) is 1. The summed E-state index contributed by atoms with van der Waals surface area (Å²) in [6, 6.07) is 0. The first-order valence-corrected chi connectivity index (χ1v) is 6.80. The van der Waals surface area contributed by atoms with E-state index in [1.807, 2.05) is 6.92 Å². The normalized spacial score (nSPS) is 15.9. The number of unbranched alkanes of at least 4 members (excludes halogenated alkanes) is 3. The van der Waals surface area contributed by atoms with Crippen LogP contribution in [0.25, 0.3) is 0 Å². The van der Waals surface area contributed by atoms with Crippen LogP contribution in [0.15, 0.2) is 0 Å². The van der Waals surface area contributed by atoms with Gasteiger partial charge >= 0.3 is 0 Å². The van der Waals surface area contributed by atoms with E-state index in [2.05, 4.69) is 11.7 Å². The molecular formula is C14H28F2O. The molecule has 0 aromatic rings. The molecule has 0 aliphatic heterocycles. The largest absolute Gasteiger partial charge is 0.378 e. The molecule has 0 spiro atoms. The third-order valence-corrected chi connectivity index (χ3v) is 3.62. The summed E-state index contributed by atoms with van der Waals surface area (Å²) in [7, 11) is 1.35. The second-order valence-corrected chi connectivity index (χ2v) is 5.26. The Bertz CT molecular complexity index is 195. The molecule has 0 aliphatic rings. The molecule has 0 saturated carbocycles. The summed E-state index contributed by atoms with van der Waals surface area (Å²) in [5.41, 5.74) is -0.909. The quantitative estimate of drug-likeness (QED) is 0.493. The average Bonchev–Trinajstić information content (AvgIpc) is 2.26. The lowest BCUT2D eigenvalue weighted by atomic mass is 9.75. The van der Waals surface area contributed by atoms with Gasteiger partial charge in [0, 0.05) is 12.5 Å². The van der Waals surface area contributed by atoms with Crippen molar-refractivity contribution in [3.8, 4) is 0 Å². The van der Waals surface area contributed by atoms with Crippen LogP contribution in [-0.4, -0.2) is 19.6 Å². The van der Waals surface area contributed by atoms with Crippen molar-refractivity contribution in [2.45, 2.75) is 71.6 Å². The third kappa shape index (κ3) is 5.33. The minimum absolute atomic E-state index is 0.459. The van der Waals surface area contributed by atoms with Gasteiger partial charge in [-0.25, -0.2) is 8.78 Å². The molecule has 1 unspecified atom stereocenters. The van der Waals surface area contributed by atoms with Gasteiger partial charge in [0.05, 0.1) is 0 Å². The summed E-state index contributed by atoms with van der Waals surface area (Å²) < 4.78 is 32.9. The second-order valence-electron chi connectivity index (χ2n) is 5.26. The molecule has 1 nitrogen and oxygen atoms in total. The van der Waals surface area contributed by atoms with E-state index >= 15 is 0 Å². The topological polar surface area (TPSA) is 9.23 Å². The third-order valence-electron chi connectivity index (χ3n) is 3.62. The van der Waals surface area contributed by atoms with Gasteiger partial charge in [-0.15, -0.1) is 0 Å². The maximum Gasteiger partial charge on any atom is 0.276 e. The molecule has 0 aromatic heterocycles. The fourth-order valence-corrected chi connectivity index (χ4v) is 2.18. The lowest BCUT2D eigenvalue weighted by Gasteiger charge is -2.37. The summed E-state index contributed by atoms with van der Waals surface area (Å²) in [5, 5.41) is 0. The molecule has 1 atom stereocenters. The maximum atomic E-state index is 14.1. The van der Waals surface area contributed by atoms with Gasteiger partial charge in [0.1, 0.15) is 6.61 Å². The highest BCUT2D eigenvalue weighted by Crippen LogP contribution is 2.45. The lowest BCUT2D eigenvalue weighted by molar-refractivity contribution is -0.159. The molecule has 0 heterocycles. The van der Waals surface area contributed by atoms with Crippen molar-refractivity contribution < 1.29 is 13.5 Å². The highest BCUT2D eigenvalue weighted by Gasteiger charge is 2.48. The van der Waals surface area contributed by atoms with E-state index in [9.17, 15) is 8.78 Å². The monoisotopic (exact) mass is 250 g/mol. The second kappa shape index (κ2) is 8.02. The SMILES string of the molecule is CCCCCC(C)(CCCC)C(F)(F)COC. The highest BCUT2D eigenvalue weighted by molar-refractivity contribution is 4.89. The fourth-order valence-electron chi connectivity index (χ4n) is 2.18. The van der Waals surface area contributed by atoms with Crippen LogP contribution < -0.4 is 0 Å². The Morgan fingerprint density at radius 1 is 0.941 bits per heavy atom. The summed E-state index contributed by atoms with van der Waals surface area (Å²) in [4.78, 5) is 0. The zero-order valence-electron chi connectivity index (χ0n) is 11.8. The molecule has 0 rings (SSSR count). The standard InChI is InChI=1S/C14H28F2O/c1-5-7-9-11-13(3,10-8-6-2)14(15,16)12-17-4/h5-12H2,1-4H3. The minimum Gasteiger partial charge on any atom is -0.378 e. The molecule has 0 fully saturated rings. The number of halogens is 2. The Morgan fingerprint density at radius 2 is 1.47 bits per heavy atom. The first kappa shape index (κ1) is 16.8. The van der Waals surface area contributed by atoms with E-state index in [1.165, 1.54) is 7.11 Å². The summed E-state index contributed by atoms with van der Waals surface area (Å²) in [6.45, 7) is 5.40. The van der Waals surface area contributed by atoms with Crippen LogP contribution in [0.3, 0.4) is 0 Å². The Hall–Kier alpha value is -0.180. The first-order valence-electron chi connectivity index (χ1n) is 6.80. The predicted molar refractivity (Wildman–Crippen MR) is 68.6 cm³/mol. The predicted octanol–water partition coefficient (Wildman–Crippen LogP) is 5.04.